The Bertz CT molecular complexity index is 1130. The minimum absolute atomic E-state index is 0.0211. The Kier molecular flexibility index (Phi) is 8.65. The van der Waals surface area contributed by atoms with Crippen LogP contribution in [-0.2, 0) is 26.0 Å². The van der Waals surface area contributed by atoms with E-state index >= 15 is 0 Å². The molecule has 184 valence electrons. The normalized spacial score (nSPS) is 15.8. The highest BCUT2D eigenvalue weighted by molar-refractivity contribution is 7.89. The van der Waals surface area contributed by atoms with Crippen LogP contribution in [0.3, 0.4) is 0 Å². The summed E-state index contributed by atoms with van der Waals surface area (Å²) in [6, 6.07) is 11.4. The molecule has 1 fully saturated rings. The summed E-state index contributed by atoms with van der Waals surface area (Å²) in [4.78, 5) is 25.5. The number of hydrogen-bond acceptors (Lipinski definition) is 6. The Labute approximate surface area is 200 Å². The van der Waals surface area contributed by atoms with E-state index in [1.807, 2.05) is 0 Å². The minimum Gasteiger partial charge on any atom is -0.496 e. The molecule has 0 aliphatic carbocycles. The predicted octanol–water partition coefficient (Wildman–Crippen LogP) is 2.43. The summed E-state index contributed by atoms with van der Waals surface area (Å²) < 4.78 is 36.9. The van der Waals surface area contributed by atoms with Gasteiger partial charge in [-0.3, -0.25) is 9.59 Å². The van der Waals surface area contributed by atoms with Gasteiger partial charge in [0.15, 0.2) is 0 Å². The number of ether oxygens (including phenoxy) is 2. The maximum absolute atomic E-state index is 12.7. The van der Waals surface area contributed by atoms with Crippen LogP contribution in [0, 0.1) is 0 Å². The van der Waals surface area contributed by atoms with Crippen LogP contribution in [0.2, 0.25) is 0 Å². The molecule has 0 radical (unpaired) electrons. The number of aryl methyl sites for hydroxylation is 1. The van der Waals surface area contributed by atoms with Gasteiger partial charge >= 0.3 is 0 Å². The molecule has 1 aliphatic heterocycles. The molecular weight excluding hydrogens is 458 g/mol. The van der Waals surface area contributed by atoms with Crippen molar-refractivity contribution in [2.75, 3.05) is 39.7 Å². The van der Waals surface area contributed by atoms with Crippen LogP contribution in [0.1, 0.15) is 35.2 Å². The Morgan fingerprint density at radius 3 is 2.62 bits per heavy atom. The van der Waals surface area contributed by atoms with Crippen LogP contribution in [0.4, 0.5) is 5.69 Å². The van der Waals surface area contributed by atoms with Gasteiger partial charge in [-0.1, -0.05) is 12.1 Å². The Hall–Kier alpha value is -2.95. The lowest BCUT2D eigenvalue weighted by Gasteiger charge is -2.15. The highest BCUT2D eigenvalue weighted by Gasteiger charge is 2.21. The van der Waals surface area contributed by atoms with E-state index in [9.17, 15) is 18.0 Å². The zero-order chi connectivity index (χ0) is 24.7. The lowest BCUT2D eigenvalue weighted by molar-refractivity contribution is -0.116. The van der Waals surface area contributed by atoms with Crippen LogP contribution in [-0.4, -0.2) is 65.0 Å². The first-order valence-electron chi connectivity index (χ1n) is 11.1. The second-order valence-corrected chi connectivity index (χ2v) is 10.4. The van der Waals surface area contributed by atoms with E-state index in [0.29, 0.717) is 35.7 Å². The fourth-order valence-corrected chi connectivity index (χ4v) is 4.63. The molecular formula is C24H31N3O6S. The highest BCUT2D eigenvalue weighted by atomic mass is 32.2. The molecule has 1 saturated heterocycles. The van der Waals surface area contributed by atoms with Gasteiger partial charge in [0.25, 0.3) is 5.91 Å². The molecule has 0 aromatic heterocycles. The number of methoxy groups -OCH3 is 1. The van der Waals surface area contributed by atoms with Gasteiger partial charge in [0.1, 0.15) is 5.75 Å². The van der Waals surface area contributed by atoms with Crippen LogP contribution < -0.4 is 15.4 Å². The SMILES string of the molecule is COc1ccc(S(=O)(=O)N(C)C)cc1CCC(=O)Nc1ccccc1C(=O)NCC1CCCO1. The molecule has 0 spiro atoms. The molecule has 1 unspecified atom stereocenters. The van der Waals surface area contributed by atoms with Crippen molar-refractivity contribution in [3.63, 3.8) is 0 Å². The lowest BCUT2D eigenvalue weighted by atomic mass is 10.1. The molecule has 0 bridgehead atoms. The number of nitrogens with one attached hydrogen (secondary N) is 2. The van der Waals surface area contributed by atoms with Crippen LogP contribution >= 0.6 is 0 Å². The van der Waals surface area contributed by atoms with Crippen molar-refractivity contribution in [3.8, 4) is 5.75 Å². The van der Waals surface area contributed by atoms with Crippen molar-refractivity contribution in [1.82, 2.24) is 9.62 Å². The van der Waals surface area contributed by atoms with E-state index in [0.717, 1.165) is 17.1 Å². The van der Waals surface area contributed by atoms with Crippen molar-refractivity contribution in [2.24, 2.45) is 0 Å². The molecule has 2 amide bonds. The van der Waals surface area contributed by atoms with Gasteiger partial charge < -0.3 is 20.1 Å². The van der Waals surface area contributed by atoms with Crippen molar-refractivity contribution in [2.45, 2.75) is 36.7 Å². The minimum atomic E-state index is -3.61. The van der Waals surface area contributed by atoms with Crippen molar-refractivity contribution in [3.05, 3.63) is 53.6 Å². The first-order valence-corrected chi connectivity index (χ1v) is 12.5. The average Bonchev–Trinajstić information content (AvgIpc) is 3.35. The van der Waals surface area contributed by atoms with Gasteiger partial charge in [-0.05, 0) is 55.2 Å². The van der Waals surface area contributed by atoms with E-state index < -0.39 is 10.0 Å². The average molecular weight is 490 g/mol. The zero-order valence-corrected chi connectivity index (χ0v) is 20.5. The first-order chi connectivity index (χ1) is 16.2. The largest absolute Gasteiger partial charge is 0.496 e. The molecule has 1 aliphatic rings. The molecule has 1 heterocycles. The highest BCUT2D eigenvalue weighted by Crippen LogP contribution is 2.25. The zero-order valence-electron chi connectivity index (χ0n) is 19.7. The second kappa shape index (κ2) is 11.5. The summed E-state index contributed by atoms with van der Waals surface area (Å²) in [5.74, 6) is -0.0867. The summed E-state index contributed by atoms with van der Waals surface area (Å²) in [6.07, 6.45) is 2.27. The molecule has 2 N–H and O–H groups in total. The fraction of sp³-hybridized carbons (Fsp3) is 0.417. The van der Waals surface area contributed by atoms with E-state index in [1.54, 1.807) is 30.3 Å². The Balaban J connectivity index is 1.66. The number of sulfonamides is 1. The Morgan fingerprint density at radius 2 is 1.94 bits per heavy atom. The van der Waals surface area contributed by atoms with Crippen molar-refractivity contribution < 1.29 is 27.5 Å². The summed E-state index contributed by atoms with van der Waals surface area (Å²) in [5.41, 5.74) is 1.38. The third kappa shape index (κ3) is 6.34. The van der Waals surface area contributed by atoms with Crippen molar-refractivity contribution in [1.29, 1.82) is 0 Å². The van der Waals surface area contributed by atoms with Gasteiger partial charge in [0.05, 0.1) is 29.4 Å². The quantitative estimate of drug-likeness (QED) is 0.530. The smallest absolute Gasteiger partial charge is 0.253 e. The number of carbonyl (C=O) groups excluding carboxylic acids is 2. The van der Waals surface area contributed by atoms with E-state index in [-0.39, 0.29) is 35.7 Å². The Morgan fingerprint density at radius 1 is 1.18 bits per heavy atom. The number of anilines is 1. The second-order valence-electron chi connectivity index (χ2n) is 8.20. The molecule has 10 heteroatoms. The number of para-hydroxylation sites is 1. The van der Waals surface area contributed by atoms with E-state index in [1.165, 1.54) is 33.3 Å². The van der Waals surface area contributed by atoms with Crippen LogP contribution in [0.25, 0.3) is 0 Å². The summed E-state index contributed by atoms with van der Waals surface area (Å²) in [6.45, 7) is 1.13. The maximum Gasteiger partial charge on any atom is 0.253 e. The van der Waals surface area contributed by atoms with Gasteiger partial charge in [0, 0.05) is 33.7 Å². The topological polar surface area (TPSA) is 114 Å². The molecule has 3 rings (SSSR count). The molecule has 2 aromatic rings. The first kappa shape index (κ1) is 25.7. The summed E-state index contributed by atoms with van der Waals surface area (Å²) in [5, 5.41) is 5.66. The molecule has 34 heavy (non-hydrogen) atoms. The summed E-state index contributed by atoms with van der Waals surface area (Å²) in [7, 11) is 0.795. The van der Waals surface area contributed by atoms with Crippen LogP contribution in [0.15, 0.2) is 47.4 Å². The van der Waals surface area contributed by atoms with Gasteiger partial charge in [-0.25, -0.2) is 12.7 Å². The number of carbonyl (C=O) groups is 2. The number of rotatable bonds is 10. The van der Waals surface area contributed by atoms with Gasteiger partial charge in [-0.15, -0.1) is 0 Å². The molecule has 2 aromatic carbocycles. The van der Waals surface area contributed by atoms with E-state index in [2.05, 4.69) is 10.6 Å². The molecule has 0 saturated carbocycles. The standard InChI is InChI=1S/C24H31N3O6S/c1-27(2)34(30,31)19-11-12-22(32-3)17(15-19)10-13-23(28)26-21-9-5-4-8-20(21)24(29)25-16-18-7-6-14-33-18/h4-5,8-9,11-12,15,18H,6-7,10,13-14,16H2,1-3H3,(H,25,29)(H,26,28). The number of amides is 2. The molecule has 1 atom stereocenters. The van der Waals surface area contributed by atoms with E-state index in [4.69, 9.17) is 9.47 Å². The van der Waals surface area contributed by atoms with Crippen LogP contribution in [0.5, 0.6) is 5.75 Å². The lowest BCUT2D eigenvalue weighted by Crippen LogP contribution is -2.32. The van der Waals surface area contributed by atoms with Gasteiger partial charge in [0.2, 0.25) is 15.9 Å². The predicted molar refractivity (Wildman–Crippen MR) is 129 cm³/mol. The monoisotopic (exact) mass is 489 g/mol. The van der Waals surface area contributed by atoms with Crippen molar-refractivity contribution >= 4 is 27.5 Å². The number of benzene rings is 2. The van der Waals surface area contributed by atoms with Gasteiger partial charge in [-0.2, -0.15) is 0 Å². The fourth-order valence-electron chi connectivity index (χ4n) is 3.68. The number of nitrogens with zero attached hydrogens (tertiary/aromatic N) is 1. The molecule has 9 nitrogen and oxygen atoms in total. The third-order valence-corrected chi connectivity index (χ3v) is 7.42. The maximum atomic E-state index is 12.7. The third-order valence-electron chi connectivity index (χ3n) is 5.61. The number of hydrogen-bond donors (Lipinski definition) is 2. The summed E-state index contributed by atoms with van der Waals surface area (Å²) >= 11 is 0.